The van der Waals surface area contributed by atoms with Crippen molar-refractivity contribution in [3.8, 4) is 0 Å². The molecule has 0 aliphatic carbocycles. The minimum absolute atomic E-state index is 0.106. The molecule has 0 spiro atoms. The van der Waals surface area contributed by atoms with Gasteiger partial charge in [0.15, 0.2) is 0 Å². The zero-order valence-electron chi connectivity index (χ0n) is 14.0. The summed E-state index contributed by atoms with van der Waals surface area (Å²) < 4.78 is 26.8. The van der Waals surface area contributed by atoms with Gasteiger partial charge >= 0.3 is 6.03 Å². The number of hydrogen-bond donors (Lipinski definition) is 4. The van der Waals surface area contributed by atoms with Crippen LogP contribution in [-0.4, -0.2) is 54.6 Å². The number of carbonyl (C=O) groups excluding carboxylic acids is 3. The molecule has 2 aliphatic heterocycles. The van der Waals surface area contributed by atoms with Crippen LogP contribution in [0.3, 0.4) is 0 Å². The molecule has 3 rings (SSSR count). The summed E-state index contributed by atoms with van der Waals surface area (Å²) in [7, 11) is 0. The van der Waals surface area contributed by atoms with E-state index in [2.05, 4.69) is 21.3 Å². The van der Waals surface area contributed by atoms with Crippen LogP contribution in [0.1, 0.15) is 18.5 Å². The van der Waals surface area contributed by atoms with Crippen molar-refractivity contribution in [2.24, 2.45) is 0 Å². The topological polar surface area (TPSA) is 103 Å². The Bertz CT molecular complexity index is 745. The highest BCUT2D eigenvalue weighted by Crippen LogP contribution is 2.18. The van der Waals surface area contributed by atoms with Gasteiger partial charge in [-0.3, -0.25) is 19.8 Å². The average Bonchev–Trinajstić information content (AvgIpc) is 2.58. The fourth-order valence-corrected chi connectivity index (χ4v) is 3.08. The van der Waals surface area contributed by atoms with Crippen LogP contribution in [0.25, 0.3) is 0 Å². The lowest BCUT2D eigenvalue weighted by Gasteiger charge is -2.40. The van der Waals surface area contributed by atoms with E-state index in [1.165, 1.54) is 13.0 Å². The minimum Gasteiger partial charge on any atom is -0.348 e. The van der Waals surface area contributed by atoms with Crippen molar-refractivity contribution in [2.45, 2.75) is 25.0 Å². The fourth-order valence-electron chi connectivity index (χ4n) is 3.08. The number of hydrogen-bond acceptors (Lipinski definition) is 5. The lowest BCUT2D eigenvalue weighted by Crippen LogP contribution is -2.73. The third kappa shape index (κ3) is 3.65. The second-order valence-corrected chi connectivity index (χ2v) is 6.25. The number of amides is 4. The molecule has 26 heavy (non-hydrogen) atoms. The summed E-state index contributed by atoms with van der Waals surface area (Å²) in [5, 5.41) is 11.1. The summed E-state index contributed by atoms with van der Waals surface area (Å²) >= 11 is 0. The molecule has 0 aromatic heterocycles. The predicted octanol–water partition coefficient (Wildman–Crippen LogP) is -0.419. The molecule has 1 aromatic rings. The first-order valence-electron chi connectivity index (χ1n) is 8.17. The maximum Gasteiger partial charge on any atom is 0.324 e. The zero-order valence-corrected chi connectivity index (χ0v) is 14.0. The molecule has 3 atom stereocenters. The van der Waals surface area contributed by atoms with Crippen molar-refractivity contribution < 1.29 is 23.2 Å². The van der Waals surface area contributed by atoms with Crippen molar-refractivity contribution in [1.29, 1.82) is 0 Å². The van der Waals surface area contributed by atoms with E-state index in [-0.39, 0.29) is 11.6 Å². The Morgan fingerprint density at radius 1 is 1.38 bits per heavy atom. The van der Waals surface area contributed by atoms with E-state index >= 15 is 0 Å². The van der Waals surface area contributed by atoms with Crippen LogP contribution in [0.4, 0.5) is 13.6 Å². The van der Waals surface area contributed by atoms with Crippen LogP contribution in [0, 0.1) is 11.6 Å². The summed E-state index contributed by atoms with van der Waals surface area (Å²) in [4.78, 5) is 37.6. The normalized spacial score (nSPS) is 23.9. The molecule has 2 heterocycles. The zero-order chi connectivity index (χ0) is 18.8. The summed E-state index contributed by atoms with van der Waals surface area (Å²) in [5.74, 6) is -2.62. The van der Waals surface area contributed by atoms with Crippen molar-refractivity contribution >= 4 is 17.8 Å². The maximum atomic E-state index is 13.8. The number of fused-ring (bicyclic) bond motifs is 1. The summed E-state index contributed by atoms with van der Waals surface area (Å²) in [6.45, 7) is 1.91. The number of nitrogens with one attached hydrogen (secondary N) is 4. The quantitative estimate of drug-likeness (QED) is 0.579. The van der Waals surface area contributed by atoms with E-state index in [0.717, 1.165) is 17.0 Å². The van der Waals surface area contributed by atoms with Gasteiger partial charge in [0, 0.05) is 24.8 Å². The number of halogens is 2. The Balaban J connectivity index is 1.63. The van der Waals surface area contributed by atoms with E-state index in [0.29, 0.717) is 13.2 Å². The highest BCUT2D eigenvalue weighted by molar-refractivity contribution is 6.03. The molecular formula is C16H19F2N5O3. The van der Waals surface area contributed by atoms with Crippen LogP contribution >= 0.6 is 0 Å². The van der Waals surface area contributed by atoms with Crippen molar-refractivity contribution in [3.05, 3.63) is 35.4 Å². The SMILES string of the molecule is C[C@H](NC(=O)CN1C(=O)NC2CNCNC2C1=O)c1ccc(F)cc1F. The molecule has 140 valence electrons. The van der Waals surface area contributed by atoms with Gasteiger partial charge in [0.1, 0.15) is 24.2 Å². The van der Waals surface area contributed by atoms with Crippen molar-refractivity contribution in [1.82, 2.24) is 26.2 Å². The van der Waals surface area contributed by atoms with Gasteiger partial charge in [-0.25, -0.2) is 13.6 Å². The number of urea groups is 1. The first-order chi connectivity index (χ1) is 12.4. The van der Waals surface area contributed by atoms with Crippen LogP contribution in [0.5, 0.6) is 0 Å². The number of nitrogens with zero attached hydrogens (tertiary/aromatic N) is 1. The molecule has 4 N–H and O–H groups in total. The molecule has 8 nitrogen and oxygen atoms in total. The third-order valence-electron chi connectivity index (χ3n) is 4.41. The van der Waals surface area contributed by atoms with Crippen LogP contribution < -0.4 is 21.3 Å². The molecule has 2 unspecified atom stereocenters. The minimum atomic E-state index is -0.786. The molecule has 2 fully saturated rings. The van der Waals surface area contributed by atoms with Crippen LogP contribution in [0.2, 0.25) is 0 Å². The molecule has 0 saturated carbocycles. The monoisotopic (exact) mass is 367 g/mol. The Morgan fingerprint density at radius 3 is 2.88 bits per heavy atom. The number of imide groups is 1. The van der Waals surface area contributed by atoms with Crippen LogP contribution in [0.15, 0.2) is 18.2 Å². The van der Waals surface area contributed by atoms with Crippen LogP contribution in [-0.2, 0) is 9.59 Å². The van der Waals surface area contributed by atoms with Gasteiger partial charge in [-0.15, -0.1) is 0 Å². The van der Waals surface area contributed by atoms with Gasteiger partial charge in [0.25, 0.3) is 0 Å². The molecule has 1 aromatic carbocycles. The molecular weight excluding hydrogens is 348 g/mol. The average molecular weight is 367 g/mol. The first-order valence-corrected chi connectivity index (χ1v) is 8.17. The molecule has 2 saturated heterocycles. The van der Waals surface area contributed by atoms with Gasteiger partial charge in [0.05, 0.1) is 12.1 Å². The standard InChI is InChI=1S/C16H19F2N5O3/c1-8(10-3-2-9(17)4-11(10)18)21-13(24)6-23-15(25)14-12(22-16(23)26)5-19-7-20-14/h2-4,8,12,14,19-20H,5-7H2,1H3,(H,21,24)(H,22,26)/t8-,12?,14?/m0/s1. The lowest BCUT2D eigenvalue weighted by molar-refractivity contribution is -0.137. The first kappa shape index (κ1) is 18.2. The number of rotatable bonds is 4. The Morgan fingerprint density at radius 2 is 2.15 bits per heavy atom. The Kier molecular flexibility index (Phi) is 5.14. The van der Waals surface area contributed by atoms with E-state index in [1.54, 1.807) is 0 Å². The molecule has 0 bridgehead atoms. The van der Waals surface area contributed by atoms with Crippen molar-refractivity contribution in [3.63, 3.8) is 0 Å². The molecule has 10 heteroatoms. The van der Waals surface area contributed by atoms with E-state index < -0.39 is 48.1 Å². The summed E-state index contributed by atoms with van der Waals surface area (Å²) in [6.07, 6.45) is 0. The third-order valence-corrected chi connectivity index (χ3v) is 4.41. The van der Waals surface area contributed by atoms with Gasteiger partial charge in [-0.05, 0) is 13.0 Å². The Labute approximate surface area is 148 Å². The van der Waals surface area contributed by atoms with Crippen molar-refractivity contribution in [2.75, 3.05) is 19.8 Å². The van der Waals surface area contributed by atoms with Gasteiger partial charge in [-0.1, -0.05) is 6.07 Å². The Hall–Kier alpha value is -2.59. The van der Waals surface area contributed by atoms with E-state index in [9.17, 15) is 23.2 Å². The highest BCUT2D eigenvalue weighted by Gasteiger charge is 2.42. The predicted molar refractivity (Wildman–Crippen MR) is 86.7 cm³/mol. The maximum absolute atomic E-state index is 13.8. The molecule has 2 aliphatic rings. The van der Waals surface area contributed by atoms with Gasteiger partial charge < -0.3 is 16.0 Å². The second-order valence-electron chi connectivity index (χ2n) is 6.25. The van der Waals surface area contributed by atoms with E-state index in [4.69, 9.17) is 0 Å². The number of carbonyl (C=O) groups is 3. The second kappa shape index (κ2) is 7.34. The molecule has 4 amide bonds. The van der Waals surface area contributed by atoms with Gasteiger partial charge in [0.2, 0.25) is 11.8 Å². The number of benzene rings is 1. The fraction of sp³-hybridized carbons (Fsp3) is 0.438. The highest BCUT2D eigenvalue weighted by atomic mass is 19.1. The van der Waals surface area contributed by atoms with Gasteiger partial charge in [-0.2, -0.15) is 0 Å². The largest absolute Gasteiger partial charge is 0.348 e. The summed E-state index contributed by atoms with van der Waals surface area (Å²) in [6, 6.07) is 0.656. The smallest absolute Gasteiger partial charge is 0.324 e. The summed E-state index contributed by atoms with van der Waals surface area (Å²) in [5.41, 5.74) is 0.106. The lowest BCUT2D eigenvalue weighted by atomic mass is 10.0. The van der Waals surface area contributed by atoms with E-state index in [1.807, 2.05) is 0 Å². The molecule has 0 radical (unpaired) electrons.